The lowest BCUT2D eigenvalue weighted by molar-refractivity contribution is -0.114. The highest BCUT2D eigenvalue weighted by Gasteiger charge is 2.17. The minimum atomic E-state index is -0.476. The van der Waals surface area contributed by atoms with Gasteiger partial charge in [-0.2, -0.15) is 0 Å². The second-order valence-corrected chi connectivity index (χ2v) is 6.03. The molecular formula is C20H18FN3O3. The first-order chi connectivity index (χ1) is 12.9. The van der Waals surface area contributed by atoms with E-state index in [-0.39, 0.29) is 17.6 Å². The Morgan fingerprint density at radius 1 is 1.15 bits per heavy atom. The van der Waals surface area contributed by atoms with Crippen LogP contribution in [0.15, 0.2) is 59.1 Å². The first-order valence-corrected chi connectivity index (χ1v) is 8.32. The van der Waals surface area contributed by atoms with Crippen molar-refractivity contribution in [1.82, 2.24) is 10.3 Å². The van der Waals surface area contributed by atoms with Gasteiger partial charge in [0.1, 0.15) is 11.9 Å². The van der Waals surface area contributed by atoms with Gasteiger partial charge >= 0.3 is 0 Å². The zero-order chi connectivity index (χ0) is 19.4. The van der Waals surface area contributed by atoms with E-state index in [4.69, 9.17) is 4.42 Å². The van der Waals surface area contributed by atoms with Gasteiger partial charge in [0.05, 0.1) is 6.20 Å². The summed E-state index contributed by atoms with van der Waals surface area (Å²) in [6, 6.07) is 12.0. The Hall–Kier alpha value is -3.48. The minimum Gasteiger partial charge on any atom is -0.438 e. The number of aromatic nitrogens is 1. The molecule has 0 radical (unpaired) electrons. The third-order valence-electron chi connectivity index (χ3n) is 3.82. The van der Waals surface area contributed by atoms with E-state index in [0.717, 1.165) is 0 Å². The maximum Gasteiger partial charge on any atom is 0.251 e. The second kappa shape index (κ2) is 7.82. The predicted molar refractivity (Wildman–Crippen MR) is 98.5 cm³/mol. The number of benzene rings is 2. The Morgan fingerprint density at radius 2 is 1.89 bits per heavy atom. The summed E-state index contributed by atoms with van der Waals surface area (Å²) < 4.78 is 18.7. The number of nitrogens with one attached hydrogen (secondary N) is 2. The Balaban J connectivity index is 1.70. The van der Waals surface area contributed by atoms with Gasteiger partial charge in [0.25, 0.3) is 5.91 Å². The van der Waals surface area contributed by atoms with Crippen molar-refractivity contribution in [3.05, 3.63) is 72.0 Å². The number of halogens is 1. The van der Waals surface area contributed by atoms with Crippen molar-refractivity contribution in [1.29, 1.82) is 0 Å². The molecule has 6 nitrogen and oxygen atoms in total. The third kappa shape index (κ3) is 4.58. The smallest absolute Gasteiger partial charge is 0.251 e. The molecule has 0 saturated carbocycles. The molecule has 0 aliphatic carbocycles. The Bertz CT molecular complexity index is 967. The molecule has 0 fully saturated rings. The SMILES string of the molecule is CC(=O)Nc1cccc(C(=O)NC(C)c2ncc(-c3ccc(F)cc3)o2)c1. The summed E-state index contributed by atoms with van der Waals surface area (Å²) in [5.74, 6) is -0.0506. The molecule has 2 N–H and O–H groups in total. The highest BCUT2D eigenvalue weighted by Crippen LogP contribution is 2.23. The molecule has 3 aromatic rings. The zero-order valence-electron chi connectivity index (χ0n) is 14.8. The van der Waals surface area contributed by atoms with Crippen LogP contribution in [0, 0.1) is 5.82 Å². The average Bonchev–Trinajstić information content (AvgIpc) is 3.12. The van der Waals surface area contributed by atoms with E-state index in [2.05, 4.69) is 15.6 Å². The van der Waals surface area contributed by atoms with Crippen LogP contribution in [0.25, 0.3) is 11.3 Å². The minimum absolute atomic E-state index is 0.214. The summed E-state index contributed by atoms with van der Waals surface area (Å²) in [5.41, 5.74) is 1.63. The van der Waals surface area contributed by atoms with Crippen LogP contribution in [0.4, 0.5) is 10.1 Å². The fourth-order valence-corrected chi connectivity index (χ4v) is 2.52. The number of nitrogens with zero attached hydrogens (tertiary/aromatic N) is 1. The van der Waals surface area contributed by atoms with Gasteiger partial charge in [0.15, 0.2) is 5.76 Å². The molecule has 0 bridgehead atoms. The van der Waals surface area contributed by atoms with Crippen LogP contribution >= 0.6 is 0 Å². The van der Waals surface area contributed by atoms with Gasteiger partial charge in [0.2, 0.25) is 11.8 Å². The zero-order valence-corrected chi connectivity index (χ0v) is 14.8. The van der Waals surface area contributed by atoms with Gasteiger partial charge in [-0.25, -0.2) is 9.37 Å². The molecule has 1 unspecified atom stereocenters. The highest BCUT2D eigenvalue weighted by atomic mass is 19.1. The molecule has 0 spiro atoms. The molecular weight excluding hydrogens is 349 g/mol. The number of hydrogen-bond acceptors (Lipinski definition) is 4. The van der Waals surface area contributed by atoms with E-state index < -0.39 is 6.04 Å². The number of carbonyl (C=O) groups excluding carboxylic acids is 2. The Labute approximate surface area is 155 Å². The van der Waals surface area contributed by atoms with Crippen molar-refractivity contribution < 1.29 is 18.4 Å². The molecule has 1 aromatic heterocycles. The van der Waals surface area contributed by atoms with Crippen LogP contribution in [0.5, 0.6) is 0 Å². The molecule has 2 aromatic carbocycles. The van der Waals surface area contributed by atoms with Crippen LogP contribution < -0.4 is 10.6 Å². The maximum atomic E-state index is 13.0. The van der Waals surface area contributed by atoms with E-state index in [1.807, 2.05) is 0 Å². The number of rotatable bonds is 5. The molecule has 1 heterocycles. The number of carbonyl (C=O) groups is 2. The molecule has 1 atom stereocenters. The van der Waals surface area contributed by atoms with Gasteiger partial charge in [0, 0.05) is 23.7 Å². The molecule has 138 valence electrons. The Kier molecular flexibility index (Phi) is 5.30. The van der Waals surface area contributed by atoms with Crippen LogP contribution in [0.1, 0.15) is 36.1 Å². The van der Waals surface area contributed by atoms with Crippen molar-refractivity contribution in [2.45, 2.75) is 19.9 Å². The summed E-state index contributed by atoms with van der Waals surface area (Å²) in [5, 5.41) is 5.43. The molecule has 2 amide bonds. The summed E-state index contributed by atoms with van der Waals surface area (Å²) in [4.78, 5) is 27.8. The predicted octanol–water partition coefficient (Wildman–Crippen LogP) is 3.93. The largest absolute Gasteiger partial charge is 0.438 e. The van der Waals surface area contributed by atoms with Gasteiger partial charge in [-0.3, -0.25) is 9.59 Å². The Morgan fingerprint density at radius 3 is 2.59 bits per heavy atom. The van der Waals surface area contributed by atoms with Crippen molar-refractivity contribution in [3.8, 4) is 11.3 Å². The normalized spacial score (nSPS) is 11.7. The fourth-order valence-electron chi connectivity index (χ4n) is 2.52. The molecule has 3 rings (SSSR count). The number of amides is 2. The van der Waals surface area contributed by atoms with E-state index >= 15 is 0 Å². The maximum absolute atomic E-state index is 13.0. The quantitative estimate of drug-likeness (QED) is 0.716. The lowest BCUT2D eigenvalue weighted by Gasteiger charge is -2.11. The summed E-state index contributed by atoms with van der Waals surface area (Å²) in [6.45, 7) is 3.14. The standard InChI is InChI=1S/C20H18FN3O3/c1-12(20-22-11-18(27-20)14-6-8-16(21)9-7-14)23-19(26)15-4-3-5-17(10-15)24-13(2)25/h3-12H,1-2H3,(H,23,26)(H,24,25). The van der Waals surface area contributed by atoms with E-state index in [9.17, 15) is 14.0 Å². The van der Waals surface area contributed by atoms with E-state index in [0.29, 0.717) is 28.5 Å². The summed E-state index contributed by atoms with van der Waals surface area (Å²) in [6.07, 6.45) is 1.53. The summed E-state index contributed by atoms with van der Waals surface area (Å²) in [7, 11) is 0. The van der Waals surface area contributed by atoms with Crippen LogP contribution in [0.2, 0.25) is 0 Å². The molecule has 7 heteroatoms. The average molecular weight is 367 g/mol. The van der Waals surface area contributed by atoms with Crippen molar-refractivity contribution in [3.63, 3.8) is 0 Å². The van der Waals surface area contributed by atoms with E-state index in [1.165, 1.54) is 25.3 Å². The molecule has 0 aliphatic rings. The monoisotopic (exact) mass is 367 g/mol. The van der Waals surface area contributed by atoms with Crippen molar-refractivity contribution in [2.75, 3.05) is 5.32 Å². The molecule has 27 heavy (non-hydrogen) atoms. The van der Waals surface area contributed by atoms with Gasteiger partial charge in [-0.05, 0) is 49.4 Å². The van der Waals surface area contributed by atoms with Gasteiger partial charge in [-0.1, -0.05) is 6.07 Å². The lowest BCUT2D eigenvalue weighted by atomic mass is 10.1. The van der Waals surface area contributed by atoms with Crippen LogP contribution in [-0.4, -0.2) is 16.8 Å². The fraction of sp³-hybridized carbons (Fsp3) is 0.150. The van der Waals surface area contributed by atoms with Gasteiger partial charge < -0.3 is 15.1 Å². The van der Waals surface area contributed by atoms with Crippen LogP contribution in [-0.2, 0) is 4.79 Å². The number of anilines is 1. The topological polar surface area (TPSA) is 84.2 Å². The van der Waals surface area contributed by atoms with Gasteiger partial charge in [-0.15, -0.1) is 0 Å². The first kappa shape index (κ1) is 18.3. The third-order valence-corrected chi connectivity index (χ3v) is 3.82. The molecule has 0 saturated heterocycles. The number of oxazole rings is 1. The number of hydrogen-bond donors (Lipinski definition) is 2. The second-order valence-electron chi connectivity index (χ2n) is 6.03. The van der Waals surface area contributed by atoms with Crippen molar-refractivity contribution in [2.24, 2.45) is 0 Å². The molecule has 0 aliphatic heterocycles. The highest BCUT2D eigenvalue weighted by molar-refractivity contribution is 5.96. The lowest BCUT2D eigenvalue weighted by Crippen LogP contribution is -2.26. The van der Waals surface area contributed by atoms with Crippen molar-refractivity contribution >= 4 is 17.5 Å². The van der Waals surface area contributed by atoms with Crippen LogP contribution in [0.3, 0.4) is 0 Å². The first-order valence-electron chi connectivity index (χ1n) is 8.32. The van der Waals surface area contributed by atoms with E-state index in [1.54, 1.807) is 43.3 Å². The summed E-state index contributed by atoms with van der Waals surface area (Å²) >= 11 is 0.